The fourth-order valence-corrected chi connectivity index (χ4v) is 9.66. The van der Waals surface area contributed by atoms with E-state index in [-0.39, 0.29) is 11.6 Å². The van der Waals surface area contributed by atoms with E-state index in [0.717, 1.165) is 29.6 Å². The summed E-state index contributed by atoms with van der Waals surface area (Å²) in [6.45, 7) is 7.10. The van der Waals surface area contributed by atoms with Crippen molar-refractivity contribution >= 4 is 18.7 Å². The van der Waals surface area contributed by atoms with Crippen LogP contribution < -0.4 is 10.4 Å². The van der Waals surface area contributed by atoms with E-state index in [1.165, 1.54) is 70.6 Å². The Balaban J connectivity index is 1.99. The van der Waals surface area contributed by atoms with Crippen molar-refractivity contribution in [2.45, 2.75) is 116 Å². The monoisotopic (exact) mass is 496 g/mol. The summed E-state index contributed by atoms with van der Waals surface area (Å²) in [6.07, 6.45) is 17.7. The lowest BCUT2D eigenvalue weighted by atomic mass is 9.87. The molecule has 2 rings (SSSR count). The zero-order valence-electron chi connectivity index (χ0n) is 22.9. The molecule has 0 amide bonds. The van der Waals surface area contributed by atoms with Gasteiger partial charge in [-0.2, -0.15) is 0 Å². The molecular weight excluding hydrogens is 444 g/mol. The summed E-state index contributed by atoms with van der Waals surface area (Å²) in [5, 5.41) is 11.5. The Labute approximate surface area is 217 Å². The minimum absolute atomic E-state index is 0.214. The molecule has 0 aliphatic carbocycles. The number of unbranched alkanes of at least 4 members (excludes halogenated alkanes) is 9. The zero-order chi connectivity index (χ0) is 25.4. The van der Waals surface area contributed by atoms with E-state index in [0.29, 0.717) is 5.92 Å². The van der Waals surface area contributed by atoms with Gasteiger partial charge in [0.15, 0.2) is 0 Å². The Hall–Kier alpha value is -1.42. The fourth-order valence-electron chi connectivity index (χ4n) is 5.83. The highest BCUT2D eigenvalue weighted by molar-refractivity contribution is 6.98. The largest absolute Gasteiger partial charge is 0.424 e. The summed E-state index contributed by atoms with van der Waals surface area (Å²) < 4.78 is 0. The standard InChI is InChI=1S/C32H52O2Si/c1-4-5-6-7-8-9-10-11-12-15-21-29(22-20-27-33)28-32(2,3)35(34,30-23-16-13-17-24-30)31-25-18-14-19-26-31/h13-14,16-19,23-26,29,33-34H,4-12,15,20-22,27-28H2,1-3H3. The van der Waals surface area contributed by atoms with E-state index in [1.807, 2.05) is 12.1 Å². The van der Waals surface area contributed by atoms with Crippen molar-refractivity contribution in [3.63, 3.8) is 0 Å². The summed E-state index contributed by atoms with van der Waals surface area (Å²) in [7, 11) is -2.97. The number of hydrogen-bond acceptors (Lipinski definition) is 2. The van der Waals surface area contributed by atoms with Gasteiger partial charge in [-0.05, 0) is 40.6 Å². The molecule has 0 heterocycles. The molecule has 2 N–H and O–H groups in total. The van der Waals surface area contributed by atoms with Gasteiger partial charge in [-0.1, -0.05) is 152 Å². The molecule has 0 aromatic heterocycles. The molecule has 0 bridgehead atoms. The minimum atomic E-state index is -2.97. The molecule has 0 saturated heterocycles. The lowest BCUT2D eigenvalue weighted by Crippen LogP contribution is -2.65. The van der Waals surface area contributed by atoms with Gasteiger partial charge in [0, 0.05) is 6.61 Å². The molecule has 1 atom stereocenters. The third kappa shape index (κ3) is 9.52. The maximum atomic E-state index is 12.5. The topological polar surface area (TPSA) is 40.5 Å². The van der Waals surface area contributed by atoms with E-state index >= 15 is 0 Å². The van der Waals surface area contributed by atoms with Crippen molar-refractivity contribution in [1.82, 2.24) is 0 Å². The van der Waals surface area contributed by atoms with E-state index in [4.69, 9.17) is 0 Å². The fraction of sp³-hybridized carbons (Fsp3) is 0.625. The molecule has 3 heteroatoms. The first-order chi connectivity index (χ1) is 17.0. The molecule has 35 heavy (non-hydrogen) atoms. The maximum absolute atomic E-state index is 12.5. The summed E-state index contributed by atoms with van der Waals surface area (Å²) >= 11 is 0. The predicted octanol–water partition coefficient (Wildman–Crippen LogP) is 7.61. The molecule has 1 unspecified atom stereocenters. The van der Waals surface area contributed by atoms with Gasteiger partial charge in [0.05, 0.1) is 0 Å². The van der Waals surface area contributed by atoms with Crippen LogP contribution in [0, 0.1) is 5.92 Å². The number of rotatable bonds is 19. The highest BCUT2D eigenvalue weighted by Gasteiger charge is 2.50. The van der Waals surface area contributed by atoms with E-state index in [2.05, 4.69) is 69.3 Å². The van der Waals surface area contributed by atoms with Crippen molar-refractivity contribution in [2.24, 2.45) is 5.92 Å². The first kappa shape index (κ1) is 29.8. The van der Waals surface area contributed by atoms with Crippen LogP contribution in [0.15, 0.2) is 60.7 Å². The predicted molar refractivity (Wildman–Crippen MR) is 155 cm³/mol. The van der Waals surface area contributed by atoms with Gasteiger partial charge in [-0.25, -0.2) is 0 Å². The quantitative estimate of drug-likeness (QED) is 0.155. The van der Waals surface area contributed by atoms with Crippen molar-refractivity contribution in [1.29, 1.82) is 0 Å². The molecule has 0 spiro atoms. The van der Waals surface area contributed by atoms with Crippen LogP contribution in [0.2, 0.25) is 5.04 Å². The molecule has 2 aromatic rings. The number of aliphatic hydroxyl groups is 1. The van der Waals surface area contributed by atoms with Gasteiger partial charge < -0.3 is 9.90 Å². The summed E-state index contributed by atoms with van der Waals surface area (Å²) in [6, 6.07) is 20.8. The van der Waals surface area contributed by atoms with Gasteiger partial charge in [-0.3, -0.25) is 0 Å². The Morgan fingerprint density at radius 2 is 1.09 bits per heavy atom. The summed E-state index contributed by atoms with van der Waals surface area (Å²) in [4.78, 5) is 12.5. The zero-order valence-corrected chi connectivity index (χ0v) is 23.9. The number of hydrogen-bond donors (Lipinski definition) is 2. The highest BCUT2D eigenvalue weighted by atomic mass is 28.4. The van der Waals surface area contributed by atoms with Crippen molar-refractivity contribution in [2.75, 3.05) is 6.61 Å². The average molecular weight is 497 g/mol. The van der Waals surface area contributed by atoms with Crippen molar-refractivity contribution in [3.8, 4) is 0 Å². The van der Waals surface area contributed by atoms with Crippen molar-refractivity contribution < 1.29 is 9.90 Å². The first-order valence-corrected chi connectivity index (χ1v) is 16.3. The highest BCUT2D eigenvalue weighted by Crippen LogP contribution is 2.43. The van der Waals surface area contributed by atoms with Crippen molar-refractivity contribution in [3.05, 3.63) is 60.7 Å². The second kappa shape index (κ2) is 16.3. The lowest BCUT2D eigenvalue weighted by Gasteiger charge is -2.43. The van der Waals surface area contributed by atoms with Crippen LogP contribution in [0.5, 0.6) is 0 Å². The SMILES string of the molecule is CCCCCCCCCCCCC(CCCO)CC(C)(C)[Si](O)(c1ccccc1)c1ccccc1. The Kier molecular flexibility index (Phi) is 13.9. The van der Waals surface area contributed by atoms with Gasteiger partial charge in [0.25, 0.3) is 8.32 Å². The Morgan fingerprint density at radius 3 is 1.54 bits per heavy atom. The van der Waals surface area contributed by atoms with Crippen LogP contribution in [0.25, 0.3) is 0 Å². The van der Waals surface area contributed by atoms with Crippen LogP contribution >= 0.6 is 0 Å². The Morgan fingerprint density at radius 1 is 0.657 bits per heavy atom. The number of benzene rings is 2. The molecule has 0 aliphatic rings. The number of aliphatic hydroxyl groups excluding tert-OH is 1. The van der Waals surface area contributed by atoms with Gasteiger partial charge in [0.2, 0.25) is 0 Å². The summed E-state index contributed by atoms with van der Waals surface area (Å²) in [5.74, 6) is 0.539. The maximum Gasteiger partial charge on any atom is 0.258 e. The first-order valence-electron chi connectivity index (χ1n) is 14.4. The van der Waals surface area contributed by atoms with E-state index in [9.17, 15) is 9.90 Å². The van der Waals surface area contributed by atoms with Gasteiger partial charge >= 0.3 is 0 Å². The second-order valence-electron chi connectivity index (χ2n) is 11.2. The molecule has 0 fully saturated rings. The molecule has 0 saturated carbocycles. The molecule has 0 radical (unpaired) electrons. The third-order valence-electron chi connectivity index (χ3n) is 7.90. The normalized spacial score (nSPS) is 13.2. The molecule has 2 nitrogen and oxygen atoms in total. The van der Waals surface area contributed by atoms with Gasteiger partial charge in [-0.15, -0.1) is 0 Å². The molecular formula is C32H52O2Si. The summed E-state index contributed by atoms with van der Waals surface area (Å²) in [5.41, 5.74) is 0. The third-order valence-corrected chi connectivity index (χ3v) is 12.4. The van der Waals surface area contributed by atoms with Crippen LogP contribution in [-0.4, -0.2) is 24.8 Å². The van der Waals surface area contributed by atoms with Gasteiger partial charge in [0.1, 0.15) is 0 Å². The molecule has 2 aromatic carbocycles. The van der Waals surface area contributed by atoms with E-state index < -0.39 is 8.32 Å². The van der Waals surface area contributed by atoms with Crippen LogP contribution in [0.4, 0.5) is 0 Å². The van der Waals surface area contributed by atoms with Crippen LogP contribution in [0.3, 0.4) is 0 Å². The molecule has 0 aliphatic heterocycles. The smallest absolute Gasteiger partial charge is 0.258 e. The molecule has 196 valence electrons. The second-order valence-corrected chi connectivity index (χ2v) is 15.2. The van der Waals surface area contributed by atoms with Crippen LogP contribution in [-0.2, 0) is 0 Å². The van der Waals surface area contributed by atoms with E-state index in [1.54, 1.807) is 0 Å². The lowest BCUT2D eigenvalue weighted by molar-refractivity contribution is 0.255. The van der Waals surface area contributed by atoms with Crippen LogP contribution in [0.1, 0.15) is 111 Å². The Bertz CT molecular complexity index is 735. The average Bonchev–Trinajstić information content (AvgIpc) is 2.88. The minimum Gasteiger partial charge on any atom is -0.424 e.